The van der Waals surface area contributed by atoms with E-state index in [0.717, 1.165) is 51.4 Å². The summed E-state index contributed by atoms with van der Waals surface area (Å²) in [6.45, 7) is -0.735. The Morgan fingerprint density at radius 2 is 1.24 bits per heavy atom. The molecule has 1 fully saturated rings. The van der Waals surface area contributed by atoms with Crippen molar-refractivity contribution < 1.29 is 36.6 Å². The number of carbonyl (C=O) groups excluding carboxylic acids is 2. The van der Waals surface area contributed by atoms with Gasteiger partial charge in [0.15, 0.2) is 23.3 Å². The Balaban J connectivity index is 1.99. The van der Waals surface area contributed by atoms with Crippen LogP contribution in [-0.4, -0.2) is 35.6 Å². The standard InChI is InChI=1S/C24H31F5N2O3/c25-19-16(20(26)22(28)23(29)21(19)27)12-13-18(33)31-17(14-32)24(34)30-15-10-8-6-4-2-1-3-5-7-9-11-15/h12-13,15,17,32H,1-11,14H2,(H,30,34)(H,31,33). The first kappa shape index (κ1) is 27.8. The molecule has 1 atom stereocenters. The molecule has 1 aliphatic rings. The van der Waals surface area contributed by atoms with Crippen molar-refractivity contribution >= 4 is 17.9 Å². The molecule has 0 heterocycles. The fourth-order valence-electron chi connectivity index (χ4n) is 3.95. The first-order valence-electron chi connectivity index (χ1n) is 11.7. The van der Waals surface area contributed by atoms with Crippen molar-refractivity contribution in [2.45, 2.75) is 82.7 Å². The molecule has 10 heteroatoms. The lowest BCUT2D eigenvalue weighted by atomic mass is 9.97. The highest BCUT2D eigenvalue weighted by Gasteiger charge is 2.25. The van der Waals surface area contributed by atoms with E-state index in [1.807, 2.05) is 0 Å². The Kier molecular flexibility index (Phi) is 11.5. The summed E-state index contributed by atoms with van der Waals surface area (Å²) in [5.74, 6) is -12.4. The van der Waals surface area contributed by atoms with Crippen molar-refractivity contribution in [3.8, 4) is 0 Å². The van der Waals surface area contributed by atoms with Gasteiger partial charge in [-0.3, -0.25) is 9.59 Å². The normalized spacial score (nSPS) is 17.6. The fourth-order valence-corrected chi connectivity index (χ4v) is 3.95. The number of hydrogen-bond acceptors (Lipinski definition) is 3. The fraction of sp³-hybridized carbons (Fsp3) is 0.583. The second-order valence-corrected chi connectivity index (χ2v) is 8.53. The molecule has 5 nitrogen and oxygen atoms in total. The second kappa shape index (κ2) is 14.0. The summed E-state index contributed by atoms with van der Waals surface area (Å²) in [6.07, 6.45) is 12.5. The highest BCUT2D eigenvalue weighted by atomic mass is 19.2. The van der Waals surface area contributed by atoms with E-state index in [1.54, 1.807) is 0 Å². The molecule has 2 rings (SSSR count). The number of aliphatic hydroxyl groups is 1. The zero-order chi connectivity index (χ0) is 25.1. The summed E-state index contributed by atoms with van der Waals surface area (Å²) in [7, 11) is 0. The summed E-state index contributed by atoms with van der Waals surface area (Å²) in [6, 6.07) is -1.45. The summed E-state index contributed by atoms with van der Waals surface area (Å²) >= 11 is 0. The van der Waals surface area contributed by atoms with Crippen LogP contribution in [0.25, 0.3) is 6.08 Å². The molecular formula is C24H31F5N2O3. The zero-order valence-corrected chi connectivity index (χ0v) is 18.9. The van der Waals surface area contributed by atoms with Crippen LogP contribution in [0.3, 0.4) is 0 Å². The third-order valence-electron chi connectivity index (χ3n) is 5.91. The number of carbonyl (C=O) groups is 2. The molecule has 34 heavy (non-hydrogen) atoms. The molecule has 1 saturated carbocycles. The van der Waals surface area contributed by atoms with E-state index in [1.165, 1.54) is 19.3 Å². The van der Waals surface area contributed by atoms with E-state index < -0.39 is 59.1 Å². The predicted octanol–water partition coefficient (Wildman–Crippen LogP) is 4.66. The lowest BCUT2D eigenvalue weighted by molar-refractivity contribution is -0.128. The molecule has 0 aromatic heterocycles. The Bertz CT molecular complexity index is 838. The molecule has 0 saturated heterocycles. The quantitative estimate of drug-likeness (QED) is 0.235. The maximum absolute atomic E-state index is 13.7. The molecule has 1 aromatic carbocycles. The van der Waals surface area contributed by atoms with Gasteiger partial charge < -0.3 is 15.7 Å². The van der Waals surface area contributed by atoms with Crippen LogP contribution >= 0.6 is 0 Å². The average molecular weight is 491 g/mol. The van der Waals surface area contributed by atoms with Crippen LogP contribution < -0.4 is 10.6 Å². The van der Waals surface area contributed by atoms with Gasteiger partial charge in [0.2, 0.25) is 17.6 Å². The van der Waals surface area contributed by atoms with E-state index in [4.69, 9.17) is 0 Å². The minimum Gasteiger partial charge on any atom is -0.394 e. The zero-order valence-electron chi connectivity index (χ0n) is 18.9. The second-order valence-electron chi connectivity index (χ2n) is 8.53. The van der Waals surface area contributed by atoms with E-state index >= 15 is 0 Å². The molecule has 2 amide bonds. The molecule has 0 spiro atoms. The van der Waals surface area contributed by atoms with Crippen LogP contribution in [0.15, 0.2) is 6.08 Å². The van der Waals surface area contributed by atoms with Gasteiger partial charge in [-0.1, -0.05) is 57.8 Å². The van der Waals surface area contributed by atoms with Gasteiger partial charge in [0, 0.05) is 12.1 Å². The topological polar surface area (TPSA) is 78.4 Å². The van der Waals surface area contributed by atoms with Crippen LogP contribution in [0.2, 0.25) is 0 Å². The molecule has 1 aromatic rings. The number of aliphatic hydroxyl groups excluding tert-OH is 1. The van der Waals surface area contributed by atoms with Crippen molar-refractivity contribution in [2.75, 3.05) is 6.61 Å². The van der Waals surface area contributed by atoms with E-state index in [0.29, 0.717) is 12.2 Å². The minimum atomic E-state index is -2.31. The number of rotatable bonds is 6. The Morgan fingerprint density at radius 1 is 0.794 bits per heavy atom. The van der Waals surface area contributed by atoms with Gasteiger partial charge in [-0.2, -0.15) is 0 Å². The molecule has 1 aliphatic carbocycles. The van der Waals surface area contributed by atoms with E-state index in [2.05, 4.69) is 10.6 Å². The smallest absolute Gasteiger partial charge is 0.245 e. The predicted molar refractivity (Wildman–Crippen MR) is 117 cm³/mol. The van der Waals surface area contributed by atoms with Crippen molar-refractivity contribution in [1.82, 2.24) is 10.6 Å². The molecule has 0 aliphatic heterocycles. The first-order chi connectivity index (χ1) is 16.3. The van der Waals surface area contributed by atoms with Gasteiger partial charge in [-0.15, -0.1) is 0 Å². The highest BCUT2D eigenvalue weighted by molar-refractivity contribution is 5.95. The third-order valence-corrected chi connectivity index (χ3v) is 5.91. The van der Waals surface area contributed by atoms with Crippen LogP contribution in [-0.2, 0) is 9.59 Å². The van der Waals surface area contributed by atoms with E-state index in [-0.39, 0.29) is 6.04 Å². The minimum absolute atomic E-state index is 0.109. The molecule has 0 radical (unpaired) electrons. The largest absolute Gasteiger partial charge is 0.394 e. The third kappa shape index (κ3) is 8.07. The number of nitrogens with one attached hydrogen (secondary N) is 2. The molecule has 190 valence electrons. The van der Waals surface area contributed by atoms with Gasteiger partial charge >= 0.3 is 0 Å². The lowest BCUT2D eigenvalue weighted by Crippen LogP contribution is -2.51. The number of amides is 2. The molecule has 1 unspecified atom stereocenters. The first-order valence-corrected chi connectivity index (χ1v) is 11.7. The van der Waals surface area contributed by atoms with Gasteiger partial charge in [0.25, 0.3) is 0 Å². The lowest BCUT2D eigenvalue weighted by Gasteiger charge is -2.23. The van der Waals surface area contributed by atoms with Crippen molar-refractivity contribution in [3.63, 3.8) is 0 Å². The Morgan fingerprint density at radius 3 is 1.71 bits per heavy atom. The van der Waals surface area contributed by atoms with Crippen molar-refractivity contribution in [3.05, 3.63) is 40.7 Å². The molecule has 3 N–H and O–H groups in total. The van der Waals surface area contributed by atoms with Crippen LogP contribution in [0, 0.1) is 29.1 Å². The summed E-state index contributed by atoms with van der Waals surface area (Å²) < 4.78 is 67.1. The van der Waals surface area contributed by atoms with Crippen molar-refractivity contribution in [1.29, 1.82) is 0 Å². The Hall–Kier alpha value is -2.49. The number of benzene rings is 1. The van der Waals surface area contributed by atoms with E-state index in [9.17, 15) is 36.6 Å². The van der Waals surface area contributed by atoms with Gasteiger partial charge in [-0.25, -0.2) is 22.0 Å². The maximum Gasteiger partial charge on any atom is 0.245 e. The monoisotopic (exact) mass is 490 g/mol. The van der Waals surface area contributed by atoms with Crippen LogP contribution in [0.5, 0.6) is 0 Å². The van der Waals surface area contributed by atoms with Crippen LogP contribution in [0.1, 0.15) is 76.2 Å². The van der Waals surface area contributed by atoms with Gasteiger partial charge in [-0.05, 0) is 18.9 Å². The number of hydrogen-bond donors (Lipinski definition) is 3. The number of halogens is 5. The highest BCUT2D eigenvalue weighted by Crippen LogP contribution is 2.24. The SMILES string of the molecule is O=C(C=Cc1c(F)c(F)c(F)c(F)c1F)NC(CO)C(=O)NC1CCCCCCCCCCC1. The average Bonchev–Trinajstić information content (AvgIpc) is 2.81. The van der Waals surface area contributed by atoms with Gasteiger partial charge in [0.05, 0.1) is 12.2 Å². The van der Waals surface area contributed by atoms with Crippen molar-refractivity contribution in [2.24, 2.45) is 0 Å². The summed E-state index contributed by atoms with van der Waals surface area (Å²) in [5, 5.41) is 14.6. The molecular weight excluding hydrogens is 459 g/mol. The summed E-state index contributed by atoms with van der Waals surface area (Å²) in [5.41, 5.74) is -1.29. The summed E-state index contributed by atoms with van der Waals surface area (Å²) in [4.78, 5) is 24.7. The molecule has 0 bridgehead atoms. The Labute approximate surface area is 195 Å². The van der Waals surface area contributed by atoms with Crippen LogP contribution in [0.4, 0.5) is 22.0 Å². The van der Waals surface area contributed by atoms with Gasteiger partial charge in [0.1, 0.15) is 6.04 Å². The maximum atomic E-state index is 13.7.